The molecule has 0 amide bonds. The highest BCUT2D eigenvalue weighted by atomic mass is 16.3. The van der Waals surface area contributed by atoms with E-state index in [2.05, 4.69) is 7.05 Å². The Morgan fingerprint density at radius 2 is 1.90 bits per heavy atom. The monoisotopic (exact) mass is 142 g/mol. The van der Waals surface area contributed by atoms with Crippen LogP contribution in [-0.4, -0.2) is 30.3 Å². The molecule has 0 aromatic rings. The van der Waals surface area contributed by atoms with Crippen LogP contribution in [0.3, 0.4) is 0 Å². The molecule has 2 aliphatic heterocycles. The average molecular weight is 142 g/mol. The van der Waals surface area contributed by atoms with Crippen LogP contribution in [0.2, 0.25) is 0 Å². The molecule has 10 heavy (non-hydrogen) atoms. The fourth-order valence-corrected chi connectivity index (χ4v) is 2.58. The Balaban J connectivity index is 2.13. The topological polar surface area (TPSA) is 24.7 Å². The SMILES string of the molecule is C[NH+]1[C@H]2CC[C@@H](O)[C@H]1CC2. The summed E-state index contributed by atoms with van der Waals surface area (Å²) in [5, 5.41) is 9.55. The molecule has 4 atom stereocenters. The summed E-state index contributed by atoms with van der Waals surface area (Å²) in [4.78, 5) is 1.58. The first-order valence-corrected chi connectivity index (χ1v) is 4.30. The van der Waals surface area contributed by atoms with E-state index in [9.17, 15) is 5.11 Å². The largest absolute Gasteiger partial charge is 0.387 e. The van der Waals surface area contributed by atoms with Crippen molar-refractivity contribution in [2.45, 2.75) is 43.9 Å². The molecule has 0 aromatic carbocycles. The van der Waals surface area contributed by atoms with Crippen LogP contribution >= 0.6 is 0 Å². The first kappa shape index (κ1) is 6.62. The van der Waals surface area contributed by atoms with Gasteiger partial charge in [0.25, 0.3) is 0 Å². The average Bonchev–Trinajstić information content (AvgIpc) is 2.13. The first-order chi connectivity index (χ1) is 4.79. The van der Waals surface area contributed by atoms with Crippen LogP contribution < -0.4 is 4.90 Å². The summed E-state index contributed by atoms with van der Waals surface area (Å²) in [6.45, 7) is 0. The molecule has 1 unspecified atom stereocenters. The van der Waals surface area contributed by atoms with Crippen LogP contribution in [0.5, 0.6) is 0 Å². The Kier molecular flexibility index (Phi) is 1.46. The molecule has 2 heterocycles. The van der Waals surface area contributed by atoms with Gasteiger partial charge in [-0.15, -0.1) is 0 Å². The van der Waals surface area contributed by atoms with Crippen LogP contribution in [0, 0.1) is 0 Å². The molecule has 0 aliphatic carbocycles. The number of likely N-dealkylation sites (N-methyl/N-ethyl adjacent to an activating group) is 1. The number of aliphatic hydroxyl groups is 1. The summed E-state index contributed by atoms with van der Waals surface area (Å²) in [6, 6.07) is 1.44. The molecule has 2 rings (SSSR count). The molecule has 2 nitrogen and oxygen atoms in total. The van der Waals surface area contributed by atoms with Gasteiger partial charge in [-0.3, -0.25) is 0 Å². The molecule has 0 radical (unpaired) electrons. The van der Waals surface area contributed by atoms with E-state index in [1.54, 1.807) is 4.90 Å². The van der Waals surface area contributed by atoms with E-state index in [1.807, 2.05) is 0 Å². The second-order valence-corrected chi connectivity index (χ2v) is 3.77. The standard InChI is InChI=1S/C8H15NO/c1-9-6-2-4-7(9)8(10)5-3-6/h6-8,10H,2-5H2,1H3/p+1/t6-,7-,8-/m1/s1. The van der Waals surface area contributed by atoms with Crippen LogP contribution in [-0.2, 0) is 0 Å². The zero-order valence-electron chi connectivity index (χ0n) is 6.51. The Morgan fingerprint density at radius 3 is 2.60 bits per heavy atom. The number of piperidine rings is 1. The van der Waals surface area contributed by atoms with E-state index >= 15 is 0 Å². The number of fused-ring (bicyclic) bond motifs is 2. The third-order valence-corrected chi connectivity index (χ3v) is 3.33. The molecule has 58 valence electrons. The maximum atomic E-state index is 9.55. The first-order valence-electron chi connectivity index (χ1n) is 4.30. The van der Waals surface area contributed by atoms with Gasteiger partial charge in [0.1, 0.15) is 12.1 Å². The molecule has 0 saturated carbocycles. The fraction of sp³-hybridized carbons (Fsp3) is 1.00. The lowest BCUT2D eigenvalue weighted by molar-refractivity contribution is -0.926. The normalized spacial score (nSPS) is 53.4. The maximum absolute atomic E-state index is 9.55. The molecular weight excluding hydrogens is 126 g/mol. The van der Waals surface area contributed by atoms with E-state index in [0.29, 0.717) is 6.04 Å². The van der Waals surface area contributed by atoms with Crippen molar-refractivity contribution in [3.63, 3.8) is 0 Å². The van der Waals surface area contributed by atoms with E-state index in [1.165, 1.54) is 19.3 Å². The summed E-state index contributed by atoms with van der Waals surface area (Å²) >= 11 is 0. The molecule has 2 fully saturated rings. The van der Waals surface area contributed by atoms with E-state index in [-0.39, 0.29) is 6.10 Å². The summed E-state index contributed by atoms with van der Waals surface area (Å²) in [5.41, 5.74) is 0. The predicted octanol–water partition coefficient (Wildman–Crippen LogP) is -0.813. The number of nitrogens with one attached hydrogen (secondary N) is 1. The number of hydrogen-bond donors (Lipinski definition) is 2. The van der Waals surface area contributed by atoms with Crippen molar-refractivity contribution < 1.29 is 10.0 Å². The predicted molar refractivity (Wildman–Crippen MR) is 38.9 cm³/mol. The Labute approximate surface area is 61.8 Å². The molecule has 2 heteroatoms. The van der Waals surface area contributed by atoms with Gasteiger partial charge in [-0.2, -0.15) is 0 Å². The summed E-state index contributed by atoms with van der Waals surface area (Å²) in [5.74, 6) is 0. The fourth-order valence-electron chi connectivity index (χ4n) is 2.58. The Hall–Kier alpha value is -0.0800. The molecule has 0 spiro atoms. The minimum absolute atomic E-state index is 0.00116. The van der Waals surface area contributed by atoms with Gasteiger partial charge in [-0.25, -0.2) is 0 Å². The maximum Gasteiger partial charge on any atom is 0.114 e. The van der Waals surface area contributed by atoms with Crippen LogP contribution in [0.25, 0.3) is 0 Å². The molecular formula is C8H16NO+. The molecule has 0 aromatic heterocycles. The molecule has 2 bridgehead atoms. The van der Waals surface area contributed by atoms with Gasteiger partial charge in [0.2, 0.25) is 0 Å². The van der Waals surface area contributed by atoms with Gasteiger partial charge in [0, 0.05) is 19.3 Å². The quantitative estimate of drug-likeness (QED) is 0.454. The van der Waals surface area contributed by atoms with Crippen molar-refractivity contribution >= 4 is 0 Å². The van der Waals surface area contributed by atoms with Crippen molar-refractivity contribution in [1.82, 2.24) is 0 Å². The van der Waals surface area contributed by atoms with Gasteiger partial charge in [0.15, 0.2) is 0 Å². The zero-order chi connectivity index (χ0) is 7.14. The van der Waals surface area contributed by atoms with E-state index in [4.69, 9.17) is 0 Å². The highest BCUT2D eigenvalue weighted by molar-refractivity contribution is 4.82. The minimum Gasteiger partial charge on any atom is -0.387 e. The highest BCUT2D eigenvalue weighted by Gasteiger charge is 2.43. The van der Waals surface area contributed by atoms with Crippen LogP contribution in [0.15, 0.2) is 0 Å². The minimum atomic E-state index is -0.00116. The number of quaternary nitrogens is 1. The van der Waals surface area contributed by atoms with E-state index < -0.39 is 0 Å². The van der Waals surface area contributed by atoms with Gasteiger partial charge in [-0.05, 0) is 6.42 Å². The smallest absolute Gasteiger partial charge is 0.114 e. The lowest BCUT2D eigenvalue weighted by atomic mass is 10.0. The van der Waals surface area contributed by atoms with Crippen LogP contribution in [0.1, 0.15) is 25.7 Å². The Bertz CT molecular complexity index is 137. The summed E-state index contributed by atoms with van der Waals surface area (Å²) in [6.07, 6.45) is 4.88. The van der Waals surface area contributed by atoms with Gasteiger partial charge in [0.05, 0.1) is 13.1 Å². The number of rotatable bonds is 0. The lowest BCUT2D eigenvalue weighted by Crippen LogP contribution is -3.16. The summed E-state index contributed by atoms with van der Waals surface area (Å²) in [7, 11) is 2.23. The van der Waals surface area contributed by atoms with Crippen LogP contribution in [0.4, 0.5) is 0 Å². The number of aliphatic hydroxyl groups excluding tert-OH is 1. The van der Waals surface area contributed by atoms with Gasteiger partial charge >= 0.3 is 0 Å². The Morgan fingerprint density at radius 1 is 1.20 bits per heavy atom. The molecule has 2 aliphatic rings. The molecule has 2 saturated heterocycles. The number of hydrogen-bond acceptors (Lipinski definition) is 1. The van der Waals surface area contributed by atoms with Crippen molar-refractivity contribution in [1.29, 1.82) is 0 Å². The van der Waals surface area contributed by atoms with Crippen molar-refractivity contribution in [2.24, 2.45) is 0 Å². The van der Waals surface area contributed by atoms with Crippen molar-refractivity contribution in [3.8, 4) is 0 Å². The van der Waals surface area contributed by atoms with Gasteiger partial charge in [-0.1, -0.05) is 0 Å². The third kappa shape index (κ3) is 0.789. The van der Waals surface area contributed by atoms with E-state index in [0.717, 1.165) is 12.5 Å². The lowest BCUT2D eigenvalue weighted by Gasteiger charge is -2.31. The second-order valence-electron chi connectivity index (χ2n) is 3.77. The van der Waals surface area contributed by atoms with Gasteiger partial charge < -0.3 is 10.0 Å². The van der Waals surface area contributed by atoms with Crippen molar-refractivity contribution in [2.75, 3.05) is 7.05 Å². The molecule has 2 N–H and O–H groups in total. The zero-order valence-corrected chi connectivity index (χ0v) is 6.51. The highest BCUT2D eigenvalue weighted by Crippen LogP contribution is 2.21. The summed E-state index contributed by atoms with van der Waals surface area (Å²) < 4.78 is 0. The third-order valence-electron chi connectivity index (χ3n) is 3.33. The van der Waals surface area contributed by atoms with Crippen molar-refractivity contribution in [3.05, 3.63) is 0 Å². The second kappa shape index (κ2) is 2.21.